The zero-order valence-corrected chi connectivity index (χ0v) is 18.2. The second kappa shape index (κ2) is 10.3. The average Bonchev–Trinajstić information content (AvgIpc) is 3.03. The Kier molecular flexibility index (Phi) is 7.49. The number of rotatable bonds is 7. The molecule has 5 nitrogen and oxygen atoms in total. The van der Waals surface area contributed by atoms with Crippen LogP contribution in [0.25, 0.3) is 6.08 Å². The Labute approximate surface area is 185 Å². The van der Waals surface area contributed by atoms with Crippen molar-refractivity contribution in [3.8, 4) is 5.75 Å². The molecule has 1 aliphatic rings. The summed E-state index contributed by atoms with van der Waals surface area (Å²) < 4.78 is 5.31. The summed E-state index contributed by atoms with van der Waals surface area (Å²) in [5.74, 6) is 0.309. The highest BCUT2D eigenvalue weighted by Gasteiger charge is 2.35. The molecule has 0 radical (unpaired) electrons. The van der Waals surface area contributed by atoms with E-state index in [1.807, 2.05) is 31.2 Å². The Morgan fingerprint density at radius 2 is 2.03 bits per heavy atom. The van der Waals surface area contributed by atoms with Gasteiger partial charge in [-0.3, -0.25) is 19.5 Å². The predicted octanol–water partition coefficient (Wildman–Crippen LogP) is 5.63. The molecule has 3 rings (SSSR count). The molecule has 2 aromatic carbocycles. The fraction of sp³-hybridized carbons (Fsp3) is 0.174. The lowest BCUT2D eigenvalue weighted by atomic mass is 10.1. The van der Waals surface area contributed by atoms with Gasteiger partial charge >= 0.3 is 0 Å². The number of carbonyl (C=O) groups is 2. The first-order chi connectivity index (χ1) is 14.5. The topological polar surface area (TPSA) is 59.0 Å². The van der Waals surface area contributed by atoms with Crippen LogP contribution in [0, 0.1) is 6.92 Å². The number of hydrogen-bond acceptors (Lipinski definition) is 5. The van der Waals surface area contributed by atoms with Crippen molar-refractivity contribution in [2.45, 2.75) is 20.3 Å². The number of anilines is 1. The fourth-order valence-electron chi connectivity index (χ4n) is 2.81. The highest BCUT2D eigenvalue weighted by molar-refractivity contribution is 8.19. The third-order valence-corrected chi connectivity index (χ3v) is 5.54. The highest BCUT2D eigenvalue weighted by Crippen LogP contribution is 2.38. The normalized spacial score (nSPS) is 16.8. The maximum Gasteiger partial charge on any atom is 0.271 e. The van der Waals surface area contributed by atoms with Gasteiger partial charge in [-0.2, -0.15) is 0 Å². The van der Waals surface area contributed by atoms with Gasteiger partial charge in [0.25, 0.3) is 5.91 Å². The zero-order valence-electron chi connectivity index (χ0n) is 16.7. The van der Waals surface area contributed by atoms with Gasteiger partial charge in [-0.05, 0) is 60.5 Å². The first-order valence-corrected chi connectivity index (χ1v) is 10.6. The number of amides is 1. The Bertz CT molecular complexity index is 1050. The summed E-state index contributed by atoms with van der Waals surface area (Å²) >= 11 is 7.63. The summed E-state index contributed by atoms with van der Waals surface area (Å²) in [4.78, 5) is 30.4. The van der Waals surface area contributed by atoms with Crippen LogP contribution < -0.4 is 9.64 Å². The molecular formula is C23H21ClN2O3S. The molecule has 1 fully saturated rings. The first-order valence-electron chi connectivity index (χ1n) is 9.45. The minimum absolute atomic E-state index is 0.116. The molecule has 154 valence electrons. The molecule has 0 aliphatic carbocycles. The number of aliphatic imine (C=N–C) groups is 1. The molecular weight excluding hydrogens is 420 g/mol. The Morgan fingerprint density at radius 1 is 1.23 bits per heavy atom. The van der Waals surface area contributed by atoms with E-state index in [2.05, 4.69) is 11.9 Å². The van der Waals surface area contributed by atoms with E-state index in [1.54, 1.807) is 29.2 Å². The van der Waals surface area contributed by atoms with E-state index in [1.165, 1.54) is 24.1 Å². The fourth-order valence-corrected chi connectivity index (χ4v) is 4.04. The molecule has 0 saturated carbocycles. The Morgan fingerprint density at radius 3 is 2.73 bits per heavy atom. The number of nitrogens with zero attached hydrogens (tertiary/aromatic N) is 2. The lowest BCUT2D eigenvalue weighted by molar-refractivity contribution is -0.113. The molecule has 1 heterocycles. The van der Waals surface area contributed by atoms with E-state index >= 15 is 0 Å². The third-order valence-electron chi connectivity index (χ3n) is 4.24. The van der Waals surface area contributed by atoms with Crippen LogP contribution in [0.2, 0.25) is 5.02 Å². The van der Waals surface area contributed by atoms with Crippen molar-refractivity contribution >= 4 is 52.5 Å². The van der Waals surface area contributed by atoms with E-state index in [-0.39, 0.29) is 5.91 Å². The van der Waals surface area contributed by atoms with Crippen molar-refractivity contribution in [3.05, 3.63) is 75.9 Å². The van der Waals surface area contributed by atoms with Crippen molar-refractivity contribution in [1.82, 2.24) is 0 Å². The number of thioether (sulfide) groups is 1. The quantitative estimate of drug-likeness (QED) is 0.318. The Hall–Kier alpha value is -2.83. The summed E-state index contributed by atoms with van der Waals surface area (Å²) in [7, 11) is 0. The number of aldehydes is 1. The van der Waals surface area contributed by atoms with Crippen molar-refractivity contribution in [1.29, 1.82) is 0 Å². The van der Waals surface area contributed by atoms with Gasteiger partial charge in [0.2, 0.25) is 0 Å². The van der Waals surface area contributed by atoms with E-state index in [0.717, 1.165) is 23.2 Å². The van der Waals surface area contributed by atoms with Gasteiger partial charge in [-0.25, -0.2) is 0 Å². The second-order valence-corrected chi connectivity index (χ2v) is 7.89. The molecule has 1 saturated heterocycles. The minimum Gasteiger partial charge on any atom is -0.463 e. The average molecular weight is 441 g/mol. The summed E-state index contributed by atoms with van der Waals surface area (Å²) in [6, 6.07) is 13.0. The summed E-state index contributed by atoms with van der Waals surface area (Å²) in [5.41, 5.74) is 2.60. The van der Waals surface area contributed by atoms with Crippen LogP contribution in [0.5, 0.6) is 5.75 Å². The maximum absolute atomic E-state index is 13.2. The van der Waals surface area contributed by atoms with Crippen molar-refractivity contribution in [3.63, 3.8) is 0 Å². The van der Waals surface area contributed by atoms with E-state index in [0.29, 0.717) is 33.7 Å². The van der Waals surface area contributed by atoms with Crippen LogP contribution in [0.3, 0.4) is 0 Å². The SMILES string of the molecule is CCC/N=C1\S/C(=C\c2ccc(O/C=C\C=O)c(Cl)c2)C(=O)N1c1ccccc1C. The number of para-hydroxylation sites is 1. The predicted molar refractivity (Wildman–Crippen MR) is 124 cm³/mol. The number of ether oxygens (including phenoxy) is 1. The monoisotopic (exact) mass is 440 g/mol. The summed E-state index contributed by atoms with van der Waals surface area (Å²) in [5, 5.41) is 1.05. The standard InChI is InChI=1S/C23H21ClN2O3S/c1-3-11-25-23-26(19-8-5-4-7-16(19)2)22(28)21(30-23)15-17-9-10-20(18(24)14-17)29-13-6-12-27/h4-10,12-15H,3,11H2,1-2H3/b13-6-,21-15-,25-23-. The lowest BCUT2D eigenvalue weighted by Crippen LogP contribution is -2.29. The molecule has 0 N–H and O–H groups in total. The number of aryl methyl sites for hydroxylation is 1. The van der Waals surface area contributed by atoms with E-state index in [9.17, 15) is 9.59 Å². The van der Waals surface area contributed by atoms with Crippen LogP contribution in [0.4, 0.5) is 5.69 Å². The number of amidine groups is 1. The number of hydrogen-bond donors (Lipinski definition) is 0. The van der Waals surface area contributed by atoms with Crippen molar-refractivity contribution in [2.75, 3.05) is 11.4 Å². The zero-order chi connectivity index (χ0) is 21.5. The summed E-state index contributed by atoms with van der Waals surface area (Å²) in [6.45, 7) is 4.68. The van der Waals surface area contributed by atoms with Crippen LogP contribution in [-0.2, 0) is 9.59 Å². The van der Waals surface area contributed by atoms with Gasteiger partial charge in [-0.15, -0.1) is 0 Å². The van der Waals surface area contributed by atoms with Crippen LogP contribution in [-0.4, -0.2) is 23.9 Å². The molecule has 0 unspecified atom stereocenters. The molecule has 1 amide bonds. The van der Waals surface area contributed by atoms with Gasteiger partial charge in [0, 0.05) is 12.6 Å². The van der Waals surface area contributed by atoms with Gasteiger partial charge in [0.1, 0.15) is 12.0 Å². The highest BCUT2D eigenvalue weighted by atomic mass is 35.5. The minimum atomic E-state index is -0.116. The molecule has 0 aromatic heterocycles. The molecule has 7 heteroatoms. The summed E-state index contributed by atoms with van der Waals surface area (Å²) in [6.07, 6.45) is 5.81. The molecule has 30 heavy (non-hydrogen) atoms. The molecule has 0 spiro atoms. The molecule has 0 bridgehead atoms. The van der Waals surface area contributed by atoms with E-state index in [4.69, 9.17) is 16.3 Å². The molecule has 0 atom stereocenters. The molecule has 2 aromatic rings. The van der Waals surface area contributed by atoms with Crippen molar-refractivity contribution in [2.24, 2.45) is 4.99 Å². The lowest BCUT2D eigenvalue weighted by Gasteiger charge is -2.17. The van der Waals surface area contributed by atoms with E-state index < -0.39 is 0 Å². The number of allylic oxidation sites excluding steroid dienone is 1. The largest absolute Gasteiger partial charge is 0.463 e. The van der Waals surface area contributed by atoms with Gasteiger partial charge in [0.05, 0.1) is 21.9 Å². The smallest absolute Gasteiger partial charge is 0.271 e. The second-order valence-electron chi connectivity index (χ2n) is 6.47. The van der Waals surface area contributed by atoms with Crippen LogP contribution in [0.15, 0.2) is 64.7 Å². The maximum atomic E-state index is 13.2. The van der Waals surface area contributed by atoms with Gasteiger partial charge in [0.15, 0.2) is 5.17 Å². The number of halogens is 1. The molecule has 1 aliphatic heterocycles. The van der Waals surface area contributed by atoms with Crippen molar-refractivity contribution < 1.29 is 14.3 Å². The van der Waals surface area contributed by atoms with Crippen LogP contribution >= 0.6 is 23.4 Å². The van der Waals surface area contributed by atoms with Crippen LogP contribution in [0.1, 0.15) is 24.5 Å². The first kappa shape index (κ1) is 21.9. The number of carbonyl (C=O) groups excluding carboxylic acids is 2. The van der Waals surface area contributed by atoms with Gasteiger partial charge in [-0.1, -0.05) is 42.8 Å². The Balaban J connectivity index is 1.92. The third kappa shape index (κ3) is 5.01. The van der Waals surface area contributed by atoms with Gasteiger partial charge < -0.3 is 4.74 Å². The number of benzene rings is 2.